The minimum absolute atomic E-state index is 0.0851. The van der Waals surface area contributed by atoms with E-state index >= 15 is 0 Å². The van der Waals surface area contributed by atoms with Gasteiger partial charge in [-0.1, -0.05) is 64.5 Å². The van der Waals surface area contributed by atoms with Crippen LogP contribution in [-0.4, -0.2) is 0 Å². The number of rotatable bonds is 0. The van der Waals surface area contributed by atoms with Crippen molar-refractivity contribution in [1.29, 1.82) is 0 Å². The molecule has 3 rings (SSSR count). The van der Waals surface area contributed by atoms with Crippen LogP contribution in [0.1, 0.15) is 0 Å². The highest BCUT2D eigenvalue weighted by molar-refractivity contribution is 9.10. The molecule has 0 fully saturated rings. The second kappa shape index (κ2) is 3.97. The average molecular weight is 285 g/mol. The van der Waals surface area contributed by atoms with Crippen LogP contribution in [0.2, 0.25) is 0 Å². The minimum atomic E-state index is 0.0851. The van der Waals surface area contributed by atoms with E-state index in [9.17, 15) is 4.79 Å². The van der Waals surface area contributed by atoms with E-state index < -0.39 is 0 Å². The molecule has 0 amide bonds. The Morgan fingerprint density at radius 2 is 1.35 bits per heavy atom. The summed E-state index contributed by atoms with van der Waals surface area (Å²) in [6, 6.07) is 17.3. The molecule has 3 aromatic rings. The number of benzene rings is 2. The van der Waals surface area contributed by atoms with Crippen LogP contribution in [0.5, 0.6) is 0 Å². The van der Waals surface area contributed by atoms with Crippen molar-refractivity contribution < 1.29 is 0 Å². The first kappa shape index (κ1) is 10.5. The standard InChI is InChI=1S/C15H9BrO/c16-14-9-10-5-1-2-6-11(10)15(17)13-8-4-3-7-12(13)14/h1-9H. The normalized spacial score (nSPS) is 10.9. The molecular formula is C15H9BrO. The van der Waals surface area contributed by atoms with Gasteiger partial charge in [-0.2, -0.15) is 0 Å². The molecule has 0 N–H and O–H groups in total. The fourth-order valence-corrected chi connectivity index (χ4v) is 2.67. The zero-order chi connectivity index (χ0) is 11.8. The highest BCUT2D eigenvalue weighted by atomic mass is 79.9. The predicted molar refractivity (Wildman–Crippen MR) is 75.4 cm³/mol. The number of hydrogen-bond acceptors (Lipinski definition) is 1. The fraction of sp³-hybridized carbons (Fsp3) is 0. The molecule has 1 nitrogen and oxygen atoms in total. The van der Waals surface area contributed by atoms with Gasteiger partial charge in [-0.25, -0.2) is 0 Å². The van der Waals surface area contributed by atoms with E-state index in [0.29, 0.717) is 0 Å². The summed E-state index contributed by atoms with van der Waals surface area (Å²) in [5, 5.41) is 3.42. The van der Waals surface area contributed by atoms with Gasteiger partial charge < -0.3 is 0 Å². The molecule has 0 aliphatic rings. The van der Waals surface area contributed by atoms with Gasteiger partial charge in [0.15, 0.2) is 5.43 Å². The smallest absolute Gasteiger partial charge is 0.194 e. The van der Waals surface area contributed by atoms with Crippen molar-refractivity contribution >= 4 is 37.5 Å². The summed E-state index contributed by atoms with van der Waals surface area (Å²) in [5.74, 6) is 0. The fourth-order valence-electron chi connectivity index (χ4n) is 2.08. The number of hydrogen-bond donors (Lipinski definition) is 0. The van der Waals surface area contributed by atoms with Gasteiger partial charge in [0.1, 0.15) is 0 Å². The third-order valence-electron chi connectivity index (χ3n) is 2.92. The summed E-state index contributed by atoms with van der Waals surface area (Å²) < 4.78 is 0.950. The second-order valence-corrected chi connectivity index (χ2v) is 4.81. The Labute approximate surface area is 107 Å². The molecule has 0 radical (unpaired) electrons. The van der Waals surface area contributed by atoms with Crippen molar-refractivity contribution in [3.05, 3.63) is 69.3 Å². The van der Waals surface area contributed by atoms with Gasteiger partial charge in [0.2, 0.25) is 0 Å². The maximum atomic E-state index is 12.4. The molecule has 0 spiro atoms. The topological polar surface area (TPSA) is 17.1 Å². The van der Waals surface area contributed by atoms with Gasteiger partial charge in [0.25, 0.3) is 0 Å². The number of fused-ring (bicyclic) bond motifs is 2. The maximum Gasteiger partial charge on any atom is 0.194 e. The first-order valence-electron chi connectivity index (χ1n) is 5.38. The molecular weight excluding hydrogens is 276 g/mol. The van der Waals surface area contributed by atoms with Gasteiger partial charge in [0.05, 0.1) is 0 Å². The Balaban J connectivity index is 2.73. The van der Waals surface area contributed by atoms with Gasteiger partial charge in [-0.05, 0) is 16.8 Å². The van der Waals surface area contributed by atoms with Crippen LogP contribution >= 0.6 is 15.9 Å². The van der Waals surface area contributed by atoms with Crippen LogP contribution in [0, 0.1) is 0 Å². The molecule has 82 valence electrons. The zero-order valence-corrected chi connectivity index (χ0v) is 10.6. The molecule has 0 atom stereocenters. The molecule has 3 aromatic carbocycles. The van der Waals surface area contributed by atoms with Crippen LogP contribution in [0.25, 0.3) is 21.5 Å². The molecule has 0 aromatic heterocycles. The molecule has 17 heavy (non-hydrogen) atoms. The van der Waals surface area contributed by atoms with E-state index in [1.807, 2.05) is 54.6 Å². The third-order valence-corrected chi connectivity index (χ3v) is 3.57. The lowest BCUT2D eigenvalue weighted by Gasteiger charge is -1.91. The van der Waals surface area contributed by atoms with Crippen molar-refractivity contribution in [2.24, 2.45) is 0 Å². The first-order chi connectivity index (χ1) is 8.27. The highest BCUT2D eigenvalue weighted by Gasteiger charge is 2.04. The Hall–Kier alpha value is -1.67. The van der Waals surface area contributed by atoms with Crippen molar-refractivity contribution in [3.8, 4) is 0 Å². The first-order valence-corrected chi connectivity index (χ1v) is 6.17. The highest BCUT2D eigenvalue weighted by Crippen LogP contribution is 2.24. The summed E-state index contributed by atoms with van der Waals surface area (Å²) in [6.07, 6.45) is 0. The lowest BCUT2D eigenvalue weighted by Crippen LogP contribution is -1.97. The molecule has 0 unspecified atom stereocenters. The van der Waals surface area contributed by atoms with E-state index in [2.05, 4.69) is 15.9 Å². The Kier molecular flexibility index (Phi) is 2.45. The SMILES string of the molecule is O=c1c2ccccc2cc(Br)c2ccccc12. The van der Waals surface area contributed by atoms with Crippen molar-refractivity contribution in [1.82, 2.24) is 0 Å². The van der Waals surface area contributed by atoms with Gasteiger partial charge in [-0.3, -0.25) is 4.79 Å². The van der Waals surface area contributed by atoms with Gasteiger partial charge >= 0.3 is 0 Å². The van der Waals surface area contributed by atoms with Crippen LogP contribution in [-0.2, 0) is 0 Å². The zero-order valence-electron chi connectivity index (χ0n) is 8.98. The van der Waals surface area contributed by atoms with E-state index in [1.165, 1.54) is 0 Å². The summed E-state index contributed by atoms with van der Waals surface area (Å²) >= 11 is 3.54. The summed E-state index contributed by atoms with van der Waals surface area (Å²) in [5.41, 5.74) is 0.0851. The van der Waals surface area contributed by atoms with Crippen molar-refractivity contribution in [2.45, 2.75) is 0 Å². The molecule has 0 saturated heterocycles. The largest absolute Gasteiger partial charge is 0.289 e. The summed E-state index contributed by atoms with van der Waals surface area (Å²) in [7, 11) is 0. The number of halogens is 1. The van der Waals surface area contributed by atoms with E-state index in [4.69, 9.17) is 0 Å². The lowest BCUT2D eigenvalue weighted by atomic mass is 10.1. The quantitative estimate of drug-likeness (QED) is 0.607. The summed E-state index contributed by atoms with van der Waals surface area (Å²) in [4.78, 5) is 12.4. The average Bonchev–Trinajstić information content (AvgIpc) is 2.48. The Bertz CT molecular complexity index is 778. The Morgan fingerprint density at radius 1 is 0.765 bits per heavy atom. The van der Waals surface area contributed by atoms with Gasteiger partial charge in [0, 0.05) is 15.2 Å². The monoisotopic (exact) mass is 284 g/mol. The minimum Gasteiger partial charge on any atom is -0.289 e. The third kappa shape index (κ3) is 1.65. The second-order valence-electron chi connectivity index (χ2n) is 3.95. The van der Waals surface area contributed by atoms with E-state index in [0.717, 1.165) is 26.0 Å². The molecule has 2 heteroatoms. The maximum absolute atomic E-state index is 12.4. The molecule has 0 heterocycles. The van der Waals surface area contributed by atoms with Crippen LogP contribution in [0.4, 0.5) is 0 Å². The molecule has 0 bridgehead atoms. The lowest BCUT2D eigenvalue weighted by molar-refractivity contribution is 1.74. The van der Waals surface area contributed by atoms with Crippen LogP contribution < -0.4 is 5.43 Å². The Morgan fingerprint density at radius 3 is 2.12 bits per heavy atom. The molecule has 0 aliphatic heterocycles. The van der Waals surface area contributed by atoms with Crippen LogP contribution in [0.3, 0.4) is 0 Å². The summed E-state index contributed by atoms with van der Waals surface area (Å²) in [6.45, 7) is 0. The van der Waals surface area contributed by atoms with Crippen LogP contribution in [0.15, 0.2) is 63.9 Å². The van der Waals surface area contributed by atoms with Crippen molar-refractivity contribution in [2.75, 3.05) is 0 Å². The van der Waals surface area contributed by atoms with Gasteiger partial charge in [-0.15, -0.1) is 0 Å². The van der Waals surface area contributed by atoms with E-state index in [-0.39, 0.29) is 5.43 Å². The molecule has 0 aliphatic carbocycles. The molecule has 0 saturated carbocycles. The van der Waals surface area contributed by atoms with Crippen molar-refractivity contribution in [3.63, 3.8) is 0 Å². The predicted octanol–water partition coefficient (Wildman–Crippen LogP) is 4.12. The van der Waals surface area contributed by atoms with E-state index in [1.54, 1.807) is 0 Å².